The van der Waals surface area contributed by atoms with Crippen LogP contribution in [0.15, 0.2) is 57.9 Å². The highest BCUT2D eigenvalue weighted by Crippen LogP contribution is 2.23. The summed E-state index contributed by atoms with van der Waals surface area (Å²) in [5.74, 6) is -0.367. The Morgan fingerprint density at radius 2 is 1.65 bits per heavy atom. The van der Waals surface area contributed by atoms with Crippen molar-refractivity contribution >= 4 is 37.4 Å². The number of hydrogen-bond acceptors (Lipinski definition) is 3. The minimum absolute atomic E-state index is 0.0976. The first-order valence-corrected chi connectivity index (χ1v) is 8.43. The minimum Gasteiger partial charge on any atom is -0.321 e. The molecule has 4 nitrogen and oxygen atoms in total. The molecule has 0 aliphatic carbocycles. The predicted molar refractivity (Wildman–Crippen MR) is 81.6 cm³/mol. The molecule has 0 aliphatic rings. The van der Waals surface area contributed by atoms with E-state index in [1.165, 1.54) is 6.07 Å². The van der Waals surface area contributed by atoms with Gasteiger partial charge in [0.25, 0.3) is 5.91 Å². The highest BCUT2D eigenvalue weighted by molar-refractivity contribution is 9.10. The quantitative estimate of drug-likeness (QED) is 0.921. The zero-order valence-corrected chi connectivity index (χ0v) is 13.0. The summed E-state index contributed by atoms with van der Waals surface area (Å²) in [5, 5.41) is 2.63. The fourth-order valence-electron chi connectivity index (χ4n) is 1.73. The maximum absolute atomic E-state index is 12.2. The molecule has 0 bridgehead atoms. The second-order valence-electron chi connectivity index (χ2n) is 4.20. The van der Waals surface area contributed by atoms with Crippen LogP contribution in [0, 0.1) is 0 Å². The van der Waals surface area contributed by atoms with Crippen LogP contribution in [0.4, 0.5) is 5.69 Å². The van der Waals surface area contributed by atoms with Crippen molar-refractivity contribution in [1.29, 1.82) is 0 Å². The highest BCUT2D eigenvalue weighted by Gasteiger charge is 2.16. The Kier molecular flexibility index (Phi) is 4.25. The SMILES string of the molecule is CS(=O)(=O)c1ccccc1NC(=O)c1ccccc1Br. The van der Waals surface area contributed by atoms with Crippen LogP contribution >= 0.6 is 15.9 Å². The molecule has 0 spiro atoms. The molecule has 2 aromatic carbocycles. The molecule has 0 aliphatic heterocycles. The van der Waals surface area contributed by atoms with E-state index < -0.39 is 9.84 Å². The smallest absolute Gasteiger partial charge is 0.256 e. The van der Waals surface area contributed by atoms with Gasteiger partial charge in [-0.2, -0.15) is 0 Å². The van der Waals surface area contributed by atoms with Gasteiger partial charge in [-0.15, -0.1) is 0 Å². The van der Waals surface area contributed by atoms with Gasteiger partial charge in [0.1, 0.15) is 0 Å². The van der Waals surface area contributed by atoms with Crippen molar-refractivity contribution < 1.29 is 13.2 Å². The first-order valence-electron chi connectivity index (χ1n) is 5.74. The van der Waals surface area contributed by atoms with E-state index in [1.54, 1.807) is 42.5 Å². The number of sulfone groups is 1. The number of hydrogen-bond donors (Lipinski definition) is 1. The summed E-state index contributed by atoms with van der Waals surface area (Å²) < 4.78 is 24.0. The number of carbonyl (C=O) groups is 1. The van der Waals surface area contributed by atoms with Crippen molar-refractivity contribution in [3.63, 3.8) is 0 Å². The first kappa shape index (κ1) is 14.7. The number of nitrogens with one attached hydrogen (secondary N) is 1. The van der Waals surface area contributed by atoms with Crippen molar-refractivity contribution in [3.8, 4) is 0 Å². The first-order chi connectivity index (χ1) is 9.39. The van der Waals surface area contributed by atoms with E-state index in [2.05, 4.69) is 21.2 Å². The zero-order valence-electron chi connectivity index (χ0n) is 10.6. The van der Waals surface area contributed by atoms with Gasteiger partial charge >= 0.3 is 0 Å². The van der Waals surface area contributed by atoms with Gasteiger partial charge in [-0.1, -0.05) is 24.3 Å². The number of anilines is 1. The van der Waals surface area contributed by atoms with Crippen LogP contribution in [0.1, 0.15) is 10.4 Å². The third kappa shape index (κ3) is 3.26. The van der Waals surface area contributed by atoms with E-state index in [1.807, 2.05) is 0 Å². The van der Waals surface area contributed by atoms with Crippen molar-refractivity contribution in [2.45, 2.75) is 4.90 Å². The van der Waals surface area contributed by atoms with Crippen molar-refractivity contribution in [2.24, 2.45) is 0 Å². The Morgan fingerprint density at radius 3 is 2.30 bits per heavy atom. The molecular formula is C14H12BrNO3S. The Balaban J connectivity index is 2.37. The van der Waals surface area contributed by atoms with E-state index in [-0.39, 0.29) is 16.5 Å². The number of amides is 1. The van der Waals surface area contributed by atoms with Crippen LogP contribution in [0.25, 0.3) is 0 Å². The van der Waals surface area contributed by atoms with E-state index in [0.29, 0.717) is 10.0 Å². The molecule has 0 saturated carbocycles. The van der Waals surface area contributed by atoms with Crippen LogP contribution in [-0.2, 0) is 9.84 Å². The zero-order chi connectivity index (χ0) is 14.8. The summed E-state index contributed by atoms with van der Waals surface area (Å²) in [4.78, 5) is 12.3. The summed E-state index contributed by atoms with van der Waals surface area (Å²) >= 11 is 3.29. The molecule has 2 rings (SSSR count). The average molecular weight is 354 g/mol. The number of rotatable bonds is 3. The van der Waals surface area contributed by atoms with Crippen LogP contribution in [0.5, 0.6) is 0 Å². The molecular weight excluding hydrogens is 342 g/mol. The fraction of sp³-hybridized carbons (Fsp3) is 0.0714. The van der Waals surface area contributed by atoms with E-state index in [0.717, 1.165) is 6.26 Å². The molecule has 20 heavy (non-hydrogen) atoms. The Morgan fingerprint density at radius 1 is 1.05 bits per heavy atom. The van der Waals surface area contributed by atoms with Gasteiger partial charge in [0.2, 0.25) is 0 Å². The average Bonchev–Trinajstić information content (AvgIpc) is 2.38. The van der Waals surface area contributed by atoms with Crippen molar-refractivity contribution in [2.75, 3.05) is 11.6 Å². The van der Waals surface area contributed by atoms with Crippen LogP contribution in [0.3, 0.4) is 0 Å². The van der Waals surface area contributed by atoms with Gasteiger partial charge < -0.3 is 5.32 Å². The number of halogens is 1. The monoisotopic (exact) mass is 353 g/mol. The standard InChI is InChI=1S/C14H12BrNO3S/c1-20(18,19)13-9-5-4-8-12(13)16-14(17)10-6-2-3-7-11(10)15/h2-9H,1H3,(H,16,17). The molecule has 0 heterocycles. The summed E-state index contributed by atoms with van der Waals surface area (Å²) in [6.45, 7) is 0. The highest BCUT2D eigenvalue weighted by atomic mass is 79.9. The lowest BCUT2D eigenvalue weighted by Gasteiger charge is -2.10. The lowest BCUT2D eigenvalue weighted by Crippen LogP contribution is -2.15. The molecule has 0 atom stereocenters. The van der Waals surface area contributed by atoms with Gasteiger partial charge in [0.05, 0.1) is 16.1 Å². The summed E-state index contributed by atoms with van der Waals surface area (Å²) in [6.07, 6.45) is 1.11. The molecule has 0 aromatic heterocycles. The van der Waals surface area contributed by atoms with E-state index in [4.69, 9.17) is 0 Å². The normalized spacial score (nSPS) is 11.1. The molecule has 0 saturated heterocycles. The Bertz CT molecular complexity index is 757. The Hall–Kier alpha value is -1.66. The van der Waals surface area contributed by atoms with E-state index in [9.17, 15) is 13.2 Å². The topological polar surface area (TPSA) is 63.2 Å². The fourth-order valence-corrected chi connectivity index (χ4v) is 3.04. The third-order valence-corrected chi connectivity index (χ3v) is 4.50. The predicted octanol–water partition coefficient (Wildman–Crippen LogP) is 3.10. The van der Waals surface area contributed by atoms with Crippen LogP contribution < -0.4 is 5.32 Å². The largest absolute Gasteiger partial charge is 0.321 e. The van der Waals surface area contributed by atoms with Gasteiger partial charge in [0.15, 0.2) is 9.84 Å². The maximum atomic E-state index is 12.2. The molecule has 2 aromatic rings. The maximum Gasteiger partial charge on any atom is 0.256 e. The summed E-state index contributed by atoms with van der Waals surface area (Å²) in [7, 11) is -3.40. The van der Waals surface area contributed by atoms with Crippen molar-refractivity contribution in [1.82, 2.24) is 0 Å². The Labute approximate surface area is 125 Å². The molecule has 0 fully saturated rings. The minimum atomic E-state index is -3.40. The molecule has 6 heteroatoms. The van der Waals surface area contributed by atoms with Crippen LogP contribution in [-0.4, -0.2) is 20.6 Å². The molecule has 1 amide bonds. The molecule has 104 valence electrons. The van der Waals surface area contributed by atoms with Gasteiger partial charge in [-0.3, -0.25) is 4.79 Å². The lowest BCUT2D eigenvalue weighted by molar-refractivity contribution is 0.102. The van der Waals surface area contributed by atoms with Crippen molar-refractivity contribution in [3.05, 3.63) is 58.6 Å². The lowest BCUT2D eigenvalue weighted by atomic mass is 10.2. The van der Waals surface area contributed by atoms with Gasteiger partial charge in [0, 0.05) is 10.7 Å². The summed E-state index contributed by atoms with van der Waals surface area (Å²) in [6, 6.07) is 13.2. The molecule has 1 N–H and O–H groups in total. The van der Waals surface area contributed by atoms with Gasteiger partial charge in [-0.05, 0) is 40.2 Å². The number of benzene rings is 2. The van der Waals surface area contributed by atoms with Gasteiger partial charge in [-0.25, -0.2) is 8.42 Å². The number of carbonyl (C=O) groups excluding carboxylic acids is 1. The summed E-state index contributed by atoms with van der Waals surface area (Å²) in [5.41, 5.74) is 0.714. The molecule has 0 unspecified atom stereocenters. The number of para-hydroxylation sites is 1. The van der Waals surface area contributed by atoms with E-state index >= 15 is 0 Å². The van der Waals surface area contributed by atoms with Crippen LogP contribution in [0.2, 0.25) is 0 Å². The molecule has 0 radical (unpaired) electrons. The second kappa shape index (κ2) is 5.76. The second-order valence-corrected chi connectivity index (χ2v) is 7.04. The third-order valence-electron chi connectivity index (χ3n) is 2.65.